The summed E-state index contributed by atoms with van der Waals surface area (Å²) in [6.07, 6.45) is 7.88. The fourth-order valence-electron chi connectivity index (χ4n) is 3.08. The van der Waals surface area contributed by atoms with Crippen LogP contribution in [0.15, 0.2) is 83.8 Å². The molecule has 6 heteroatoms. The van der Waals surface area contributed by atoms with Gasteiger partial charge in [0.05, 0.1) is 11.8 Å². The van der Waals surface area contributed by atoms with Crippen LogP contribution in [0, 0.1) is 5.92 Å². The number of nitrogens with two attached hydrogens (primary N) is 2. The van der Waals surface area contributed by atoms with Gasteiger partial charge in [-0.25, -0.2) is 4.99 Å². The number of aliphatic imine (C=N–C) groups is 1. The van der Waals surface area contributed by atoms with E-state index in [9.17, 15) is 5.11 Å². The summed E-state index contributed by atoms with van der Waals surface area (Å²) < 4.78 is 0. The van der Waals surface area contributed by atoms with Crippen LogP contribution in [-0.2, 0) is 0 Å². The zero-order valence-corrected chi connectivity index (χ0v) is 15.2. The molecule has 0 radical (unpaired) electrons. The van der Waals surface area contributed by atoms with Gasteiger partial charge in [-0.05, 0) is 30.7 Å². The first-order chi connectivity index (χ1) is 13.0. The Kier molecular flexibility index (Phi) is 5.59. The standard InChI is InChI=1S/C21H25N5O/c1-13-16-5-3-4-6-18(16)19(27)10-9-17(21(26-23)15-7-8-15)14(2)25-20(24-13)11-12-22/h3-6,9-12,15,19,26-27H,1-2,7-8,22-23H2,(H,24,25)/b10-9-,12-11-,21-17-. The number of hydrazine groups is 1. The van der Waals surface area contributed by atoms with E-state index in [4.69, 9.17) is 11.6 Å². The van der Waals surface area contributed by atoms with Crippen LogP contribution in [0.2, 0.25) is 0 Å². The molecule has 140 valence electrons. The number of fused-ring (bicyclic) bond motifs is 1. The second-order valence-corrected chi connectivity index (χ2v) is 6.54. The van der Waals surface area contributed by atoms with Gasteiger partial charge in [0.2, 0.25) is 0 Å². The molecule has 0 bridgehead atoms. The minimum absolute atomic E-state index is 0.354. The number of aliphatic hydroxyl groups is 1. The van der Waals surface area contributed by atoms with Crippen molar-refractivity contribution >= 4 is 11.5 Å². The molecule has 27 heavy (non-hydrogen) atoms. The number of aliphatic hydroxyl groups excluding tert-OH is 1. The van der Waals surface area contributed by atoms with E-state index in [2.05, 4.69) is 28.9 Å². The van der Waals surface area contributed by atoms with Crippen molar-refractivity contribution in [1.82, 2.24) is 10.7 Å². The van der Waals surface area contributed by atoms with Gasteiger partial charge in [-0.1, -0.05) is 49.6 Å². The third-order valence-corrected chi connectivity index (χ3v) is 4.58. The smallest absolute Gasteiger partial charge is 0.132 e. The summed E-state index contributed by atoms with van der Waals surface area (Å²) in [5.74, 6) is 6.62. The maximum absolute atomic E-state index is 10.7. The van der Waals surface area contributed by atoms with Gasteiger partial charge in [0, 0.05) is 28.4 Å². The molecule has 1 fully saturated rings. The highest BCUT2D eigenvalue weighted by Crippen LogP contribution is 2.38. The maximum Gasteiger partial charge on any atom is 0.132 e. The number of benzene rings is 1. The van der Waals surface area contributed by atoms with Crippen LogP contribution in [0.25, 0.3) is 5.70 Å². The fraction of sp³-hybridized carbons (Fsp3) is 0.190. The van der Waals surface area contributed by atoms with Crippen molar-refractivity contribution in [2.45, 2.75) is 18.9 Å². The van der Waals surface area contributed by atoms with Gasteiger partial charge in [0.1, 0.15) is 5.84 Å². The lowest BCUT2D eigenvalue weighted by molar-refractivity contribution is 0.228. The number of nitrogens with one attached hydrogen (secondary N) is 2. The Morgan fingerprint density at radius 3 is 2.70 bits per heavy atom. The average Bonchev–Trinajstić information content (AvgIpc) is 3.49. The first-order valence-electron chi connectivity index (χ1n) is 8.83. The van der Waals surface area contributed by atoms with E-state index in [1.54, 1.807) is 12.2 Å². The molecule has 7 N–H and O–H groups in total. The van der Waals surface area contributed by atoms with Crippen LogP contribution in [0.5, 0.6) is 0 Å². The molecule has 1 aliphatic heterocycles. The molecule has 1 unspecified atom stereocenters. The molecular weight excluding hydrogens is 338 g/mol. The number of rotatable bonds is 3. The van der Waals surface area contributed by atoms with E-state index in [1.807, 2.05) is 30.3 Å². The van der Waals surface area contributed by atoms with Gasteiger partial charge in [0.25, 0.3) is 0 Å². The van der Waals surface area contributed by atoms with Gasteiger partial charge in [0.15, 0.2) is 0 Å². The van der Waals surface area contributed by atoms with Gasteiger partial charge >= 0.3 is 0 Å². The molecule has 1 aliphatic carbocycles. The molecule has 0 spiro atoms. The van der Waals surface area contributed by atoms with Crippen LogP contribution >= 0.6 is 0 Å². The van der Waals surface area contributed by atoms with Gasteiger partial charge in [-0.2, -0.15) is 0 Å². The highest BCUT2D eigenvalue weighted by atomic mass is 16.3. The lowest BCUT2D eigenvalue weighted by atomic mass is 9.99. The molecule has 3 rings (SSSR count). The average molecular weight is 363 g/mol. The zero-order valence-electron chi connectivity index (χ0n) is 15.2. The molecule has 6 nitrogen and oxygen atoms in total. The largest absolute Gasteiger partial charge is 0.404 e. The Bertz CT molecular complexity index is 874. The Morgan fingerprint density at radius 1 is 1.30 bits per heavy atom. The van der Waals surface area contributed by atoms with Crippen LogP contribution in [0.4, 0.5) is 0 Å². The minimum atomic E-state index is -0.813. The van der Waals surface area contributed by atoms with Crippen molar-refractivity contribution in [3.63, 3.8) is 0 Å². The molecule has 1 heterocycles. The molecule has 1 atom stereocenters. The van der Waals surface area contributed by atoms with Gasteiger partial charge in [-0.3, -0.25) is 5.84 Å². The lowest BCUT2D eigenvalue weighted by Gasteiger charge is -2.15. The first-order valence-corrected chi connectivity index (χ1v) is 8.83. The van der Waals surface area contributed by atoms with Crippen LogP contribution in [0.3, 0.4) is 0 Å². The van der Waals surface area contributed by atoms with E-state index in [0.717, 1.165) is 35.2 Å². The van der Waals surface area contributed by atoms with E-state index in [0.29, 0.717) is 23.1 Å². The molecule has 0 saturated heterocycles. The van der Waals surface area contributed by atoms with Crippen molar-refractivity contribution in [2.24, 2.45) is 22.5 Å². The summed E-state index contributed by atoms with van der Waals surface area (Å²) in [4.78, 5) is 4.58. The topological polar surface area (TPSA) is 109 Å². The molecule has 1 aromatic carbocycles. The van der Waals surface area contributed by atoms with Crippen molar-refractivity contribution in [1.29, 1.82) is 0 Å². The fourth-order valence-corrected chi connectivity index (χ4v) is 3.08. The highest BCUT2D eigenvalue weighted by Gasteiger charge is 2.28. The molecule has 2 aliphatic rings. The van der Waals surface area contributed by atoms with Crippen LogP contribution in [-0.4, -0.2) is 10.9 Å². The third kappa shape index (κ3) is 4.19. The highest BCUT2D eigenvalue weighted by molar-refractivity contribution is 5.99. The lowest BCUT2D eigenvalue weighted by Crippen LogP contribution is -2.24. The molecule has 1 aromatic rings. The molecular formula is C21H25N5O. The van der Waals surface area contributed by atoms with E-state index < -0.39 is 6.10 Å². The monoisotopic (exact) mass is 363 g/mol. The molecule has 0 aromatic heterocycles. The van der Waals surface area contributed by atoms with E-state index in [-0.39, 0.29) is 0 Å². The SMILES string of the molecule is C=C1N=C(/C=C\N)NC(=C)c2ccccc2C(O)/C=C\C1=C(\NN)C1CC1. The second kappa shape index (κ2) is 8.07. The van der Waals surface area contributed by atoms with Crippen molar-refractivity contribution in [2.75, 3.05) is 0 Å². The normalized spacial score (nSPS) is 23.8. The number of amidine groups is 1. The predicted molar refractivity (Wildman–Crippen MR) is 110 cm³/mol. The summed E-state index contributed by atoms with van der Waals surface area (Å²) in [7, 11) is 0. The number of nitrogens with zero attached hydrogens (tertiary/aromatic N) is 1. The van der Waals surface area contributed by atoms with Gasteiger partial charge in [-0.15, -0.1) is 0 Å². The quantitative estimate of drug-likeness (QED) is 0.418. The van der Waals surface area contributed by atoms with Crippen molar-refractivity contribution in [3.05, 3.63) is 89.9 Å². The van der Waals surface area contributed by atoms with E-state index >= 15 is 0 Å². The summed E-state index contributed by atoms with van der Waals surface area (Å²) in [6, 6.07) is 7.54. The summed E-state index contributed by atoms with van der Waals surface area (Å²) in [5.41, 5.74) is 12.6. The van der Waals surface area contributed by atoms with Crippen molar-refractivity contribution < 1.29 is 5.11 Å². The summed E-state index contributed by atoms with van der Waals surface area (Å²) >= 11 is 0. The minimum Gasteiger partial charge on any atom is -0.404 e. The van der Waals surface area contributed by atoms with Crippen LogP contribution < -0.4 is 22.3 Å². The summed E-state index contributed by atoms with van der Waals surface area (Å²) in [5, 5.41) is 13.9. The van der Waals surface area contributed by atoms with E-state index in [1.165, 1.54) is 6.20 Å². The molecule has 0 amide bonds. The Balaban J connectivity index is 2.16. The predicted octanol–water partition coefficient (Wildman–Crippen LogP) is 2.36. The second-order valence-electron chi connectivity index (χ2n) is 6.54. The third-order valence-electron chi connectivity index (χ3n) is 4.58. The maximum atomic E-state index is 10.7. The number of hydrogen-bond acceptors (Lipinski definition) is 6. The van der Waals surface area contributed by atoms with Gasteiger partial charge < -0.3 is 21.6 Å². The zero-order chi connectivity index (χ0) is 19.4. The molecule has 1 saturated carbocycles. The number of hydrogen-bond donors (Lipinski definition) is 5. The Labute approximate surface area is 159 Å². The Morgan fingerprint density at radius 2 is 2.04 bits per heavy atom. The number of allylic oxidation sites excluding steroid dienone is 2. The van der Waals surface area contributed by atoms with Crippen molar-refractivity contribution in [3.8, 4) is 0 Å². The Hall–Kier alpha value is -3.09. The summed E-state index contributed by atoms with van der Waals surface area (Å²) in [6.45, 7) is 8.18. The first kappa shape index (κ1) is 18.7. The van der Waals surface area contributed by atoms with Crippen LogP contribution in [0.1, 0.15) is 30.1 Å².